The Morgan fingerprint density at radius 2 is 1.65 bits per heavy atom. The van der Waals surface area contributed by atoms with Crippen LogP contribution in [-0.2, 0) is 26.2 Å². The third-order valence-corrected chi connectivity index (χ3v) is 8.70. The van der Waals surface area contributed by atoms with Gasteiger partial charge in [-0.2, -0.15) is 0 Å². The number of carbonyl (C=O) groups is 2. The molecule has 0 radical (unpaired) electrons. The summed E-state index contributed by atoms with van der Waals surface area (Å²) in [5.41, 5.74) is 0.713. The number of benzene rings is 2. The van der Waals surface area contributed by atoms with E-state index < -0.39 is 28.5 Å². The summed E-state index contributed by atoms with van der Waals surface area (Å²) in [5, 5.41) is 4.09. The van der Waals surface area contributed by atoms with Gasteiger partial charge < -0.3 is 10.2 Å². The number of carbonyl (C=O) groups excluding carboxylic acids is 2. The third kappa shape index (κ3) is 7.90. The van der Waals surface area contributed by atoms with Gasteiger partial charge in [0.25, 0.3) is 0 Å². The SMILES string of the molecule is CC[C@@H](C(=O)NC1CCCC1)N(Cc1ccc(Cl)c(Cl)c1)C(=O)CN(c1cc(Cl)ccc1Cl)S(C)(=O)=O. The van der Waals surface area contributed by atoms with Crippen molar-refractivity contribution in [3.05, 3.63) is 62.1 Å². The molecule has 3 rings (SSSR count). The van der Waals surface area contributed by atoms with Crippen LogP contribution in [0.1, 0.15) is 44.6 Å². The van der Waals surface area contributed by atoms with Gasteiger partial charge in [0.05, 0.1) is 27.0 Å². The van der Waals surface area contributed by atoms with E-state index in [1.165, 1.54) is 23.1 Å². The van der Waals surface area contributed by atoms with Crippen LogP contribution in [0.3, 0.4) is 0 Å². The average Bonchev–Trinajstić information content (AvgIpc) is 3.33. The topological polar surface area (TPSA) is 86.8 Å². The van der Waals surface area contributed by atoms with Crippen LogP contribution >= 0.6 is 46.4 Å². The quantitative estimate of drug-likeness (QED) is 0.362. The zero-order valence-corrected chi connectivity index (χ0v) is 24.4. The molecule has 0 bridgehead atoms. The highest BCUT2D eigenvalue weighted by molar-refractivity contribution is 7.92. The fourth-order valence-electron chi connectivity index (χ4n) is 4.39. The molecular formula is C25H29Cl4N3O4S. The lowest BCUT2D eigenvalue weighted by molar-refractivity contribution is -0.140. The Morgan fingerprint density at radius 1 is 1.00 bits per heavy atom. The summed E-state index contributed by atoms with van der Waals surface area (Å²) in [4.78, 5) is 28.5. The van der Waals surface area contributed by atoms with Crippen molar-refractivity contribution in [1.82, 2.24) is 10.2 Å². The van der Waals surface area contributed by atoms with Crippen molar-refractivity contribution in [1.29, 1.82) is 0 Å². The summed E-state index contributed by atoms with van der Waals surface area (Å²) in [7, 11) is -3.94. The van der Waals surface area contributed by atoms with Crippen molar-refractivity contribution in [3.63, 3.8) is 0 Å². The van der Waals surface area contributed by atoms with Crippen LogP contribution in [0, 0.1) is 0 Å². The Morgan fingerprint density at radius 3 is 2.24 bits per heavy atom. The van der Waals surface area contributed by atoms with Gasteiger partial charge in [-0.3, -0.25) is 13.9 Å². The predicted octanol–water partition coefficient (Wildman–Crippen LogP) is 5.93. The van der Waals surface area contributed by atoms with Crippen LogP contribution in [0.25, 0.3) is 0 Å². The summed E-state index contributed by atoms with van der Waals surface area (Å²) >= 11 is 24.6. The maximum absolute atomic E-state index is 13.8. The van der Waals surface area contributed by atoms with E-state index in [1.54, 1.807) is 25.1 Å². The Hall–Kier alpha value is -1.71. The van der Waals surface area contributed by atoms with E-state index in [0.29, 0.717) is 22.0 Å². The van der Waals surface area contributed by atoms with Crippen molar-refractivity contribution < 1.29 is 18.0 Å². The Labute approximate surface area is 238 Å². The number of hydrogen-bond acceptors (Lipinski definition) is 4. The predicted molar refractivity (Wildman–Crippen MR) is 150 cm³/mol. The fourth-order valence-corrected chi connectivity index (χ4v) is 6.00. The van der Waals surface area contributed by atoms with E-state index in [1.807, 2.05) is 0 Å². The smallest absolute Gasteiger partial charge is 0.244 e. The van der Waals surface area contributed by atoms with Crippen LogP contribution in [-0.4, -0.2) is 50.0 Å². The number of hydrogen-bond donors (Lipinski definition) is 1. The molecule has 202 valence electrons. The minimum atomic E-state index is -3.94. The third-order valence-electron chi connectivity index (χ3n) is 6.28. The summed E-state index contributed by atoms with van der Waals surface area (Å²) in [6, 6.07) is 8.51. The largest absolute Gasteiger partial charge is 0.352 e. The van der Waals surface area contributed by atoms with Crippen LogP contribution in [0.15, 0.2) is 36.4 Å². The molecule has 0 aliphatic heterocycles. The minimum Gasteiger partial charge on any atom is -0.352 e. The molecule has 1 fully saturated rings. The average molecular weight is 609 g/mol. The fraction of sp³-hybridized carbons (Fsp3) is 0.440. The second-order valence-electron chi connectivity index (χ2n) is 9.05. The molecule has 1 N–H and O–H groups in total. The minimum absolute atomic E-state index is 0.0210. The number of nitrogens with zero attached hydrogens (tertiary/aromatic N) is 2. The zero-order chi connectivity index (χ0) is 27.3. The molecule has 1 aliphatic rings. The summed E-state index contributed by atoms with van der Waals surface area (Å²) in [5.74, 6) is -0.865. The van der Waals surface area contributed by atoms with Gasteiger partial charge >= 0.3 is 0 Å². The van der Waals surface area contributed by atoms with E-state index in [0.717, 1.165) is 36.2 Å². The number of sulfonamides is 1. The highest BCUT2D eigenvalue weighted by Gasteiger charge is 2.33. The molecule has 2 aromatic carbocycles. The standard InChI is InChI=1S/C25H29Cl4N3O4S/c1-3-22(25(34)30-18-6-4-5-7-18)31(14-16-8-10-19(27)21(29)12-16)24(33)15-32(37(2,35)36)23-13-17(26)9-11-20(23)28/h8-13,18,22H,3-7,14-15H2,1-2H3,(H,30,34)/t22-/m0/s1. The molecule has 0 spiro atoms. The highest BCUT2D eigenvalue weighted by Crippen LogP contribution is 2.31. The van der Waals surface area contributed by atoms with Crippen LogP contribution in [0.4, 0.5) is 5.69 Å². The molecule has 1 atom stereocenters. The second kappa shape index (κ2) is 12.9. The van der Waals surface area contributed by atoms with Gasteiger partial charge in [-0.25, -0.2) is 8.42 Å². The van der Waals surface area contributed by atoms with Gasteiger partial charge in [-0.1, -0.05) is 72.2 Å². The van der Waals surface area contributed by atoms with Gasteiger partial charge in [-0.15, -0.1) is 0 Å². The van der Waals surface area contributed by atoms with Crippen molar-refractivity contribution in [2.75, 3.05) is 17.1 Å². The molecule has 0 unspecified atom stereocenters. The van der Waals surface area contributed by atoms with Crippen LogP contribution in [0.2, 0.25) is 20.1 Å². The van der Waals surface area contributed by atoms with Gasteiger partial charge in [0.15, 0.2) is 0 Å². The zero-order valence-electron chi connectivity index (χ0n) is 20.5. The van der Waals surface area contributed by atoms with Crippen LogP contribution in [0.5, 0.6) is 0 Å². The lowest BCUT2D eigenvalue weighted by Gasteiger charge is -2.33. The van der Waals surface area contributed by atoms with Gasteiger partial charge in [0.2, 0.25) is 21.8 Å². The van der Waals surface area contributed by atoms with E-state index in [9.17, 15) is 18.0 Å². The first-order chi connectivity index (χ1) is 17.4. The number of rotatable bonds is 10. The Kier molecular flexibility index (Phi) is 10.4. The molecule has 7 nitrogen and oxygen atoms in total. The normalized spacial score (nSPS) is 14.9. The first kappa shape index (κ1) is 29.8. The van der Waals surface area contributed by atoms with Crippen molar-refractivity contribution in [2.24, 2.45) is 0 Å². The first-order valence-electron chi connectivity index (χ1n) is 11.9. The highest BCUT2D eigenvalue weighted by atomic mass is 35.5. The molecule has 0 aromatic heterocycles. The molecule has 12 heteroatoms. The molecule has 2 aromatic rings. The maximum atomic E-state index is 13.8. The number of nitrogens with one attached hydrogen (secondary N) is 1. The van der Waals surface area contributed by atoms with E-state index >= 15 is 0 Å². The van der Waals surface area contributed by atoms with E-state index in [-0.39, 0.29) is 34.2 Å². The lowest BCUT2D eigenvalue weighted by atomic mass is 10.1. The van der Waals surface area contributed by atoms with E-state index in [4.69, 9.17) is 46.4 Å². The maximum Gasteiger partial charge on any atom is 0.244 e. The van der Waals surface area contributed by atoms with Crippen molar-refractivity contribution in [3.8, 4) is 0 Å². The lowest BCUT2D eigenvalue weighted by Crippen LogP contribution is -2.53. The molecular weight excluding hydrogens is 580 g/mol. The van der Waals surface area contributed by atoms with Gasteiger partial charge in [0.1, 0.15) is 12.6 Å². The van der Waals surface area contributed by atoms with Crippen molar-refractivity contribution in [2.45, 2.75) is 57.7 Å². The monoisotopic (exact) mass is 607 g/mol. The summed E-state index contributed by atoms with van der Waals surface area (Å²) < 4.78 is 26.4. The molecule has 1 saturated carbocycles. The first-order valence-corrected chi connectivity index (χ1v) is 15.2. The Bertz CT molecular complexity index is 1250. The van der Waals surface area contributed by atoms with Gasteiger partial charge in [-0.05, 0) is 55.2 Å². The molecule has 37 heavy (non-hydrogen) atoms. The Balaban J connectivity index is 1.97. The van der Waals surface area contributed by atoms with Gasteiger partial charge in [0, 0.05) is 17.6 Å². The van der Waals surface area contributed by atoms with Crippen molar-refractivity contribution >= 4 is 73.9 Å². The summed E-state index contributed by atoms with van der Waals surface area (Å²) in [6.45, 7) is 1.25. The number of halogens is 4. The van der Waals surface area contributed by atoms with E-state index in [2.05, 4.69) is 5.32 Å². The second-order valence-corrected chi connectivity index (χ2v) is 12.6. The molecule has 0 heterocycles. The molecule has 0 saturated heterocycles. The summed E-state index contributed by atoms with van der Waals surface area (Å²) in [6.07, 6.45) is 5.15. The molecule has 1 aliphatic carbocycles. The number of anilines is 1. The van der Waals surface area contributed by atoms with Crippen LogP contribution < -0.4 is 9.62 Å². The number of amides is 2. The molecule has 2 amide bonds.